The molecule has 1 heterocycles. The molecule has 10 heteroatoms. The molecule has 0 radical (unpaired) electrons. The van der Waals surface area contributed by atoms with Gasteiger partial charge in [0.15, 0.2) is 6.10 Å². The first-order valence-corrected chi connectivity index (χ1v) is 9.67. The zero-order valence-electron chi connectivity index (χ0n) is 17.6. The highest BCUT2D eigenvalue weighted by Gasteiger charge is 2.37. The van der Waals surface area contributed by atoms with E-state index in [0.717, 1.165) is 34.1 Å². The molecule has 1 aliphatic heterocycles. The smallest absolute Gasteiger partial charge is 0.416 e. The molecule has 1 aliphatic rings. The van der Waals surface area contributed by atoms with Gasteiger partial charge in [-0.3, -0.25) is 14.6 Å². The summed E-state index contributed by atoms with van der Waals surface area (Å²) < 4.78 is 43.8. The number of carbonyl (C=O) groups is 3. The second kappa shape index (κ2) is 8.52. The number of aryl methyl sites for hydroxylation is 2. The summed E-state index contributed by atoms with van der Waals surface area (Å²) in [6, 6.07) is 6.78. The molecule has 1 atom stereocenters. The van der Waals surface area contributed by atoms with E-state index in [9.17, 15) is 27.6 Å². The predicted molar refractivity (Wildman–Crippen MR) is 108 cm³/mol. The number of anilines is 1. The van der Waals surface area contributed by atoms with Crippen molar-refractivity contribution in [3.05, 3.63) is 58.7 Å². The second-order valence-electron chi connectivity index (χ2n) is 7.55. The van der Waals surface area contributed by atoms with Crippen molar-refractivity contribution in [3.8, 4) is 5.75 Å². The highest BCUT2D eigenvalue weighted by atomic mass is 19.4. The first-order chi connectivity index (χ1) is 14.9. The fraction of sp³-hybridized carbons (Fsp3) is 0.318. The minimum atomic E-state index is -4.50. The normalized spacial score (nSPS) is 15.3. The molecule has 1 fully saturated rings. The lowest BCUT2D eigenvalue weighted by atomic mass is 10.1. The number of hydrogen-bond donors (Lipinski definition) is 1. The number of aliphatic carboxylic acids is 1. The summed E-state index contributed by atoms with van der Waals surface area (Å²) in [4.78, 5) is 38.4. The van der Waals surface area contributed by atoms with Crippen LogP contribution in [0.15, 0.2) is 36.4 Å². The van der Waals surface area contributed by atoms with Crippen LogP contribution in [0.25, 0.3) is 0 Å². The predicted octanol–water partition coefficient (Wildman–Crippen LogP) is 4.14. The number of urea groups is 1. The number of nitrogens with zero attached hydrogens (tertiary/aromatic N) is 2. The van der Waals surface area contributed by atoms with Gasteiger partial charge in [-0.05, 0) is 61.7 Å². The van der Waals surface area contributed by atoms with Crippen molar-refractivity contribution in [2.45, 2.75) is 39.6 Å². The number of halogens is 3. The highest BCUT2D eigenvalue weighted by molar-refractivity contribution is 6.12. The molecule has 1 N–H and O–H groups in total. The Morgan fingerprint density at radius 1 is 1.12 bits per heavy atom. The van der Waals surface area contributed by atoms with Crippen LogP contribution in [-0.4, -0.2) is 40.6 Å². The van der Waals surface area contributed by atoms with Crippen molar-refractivity contribution >= 4 is 23.6 Å². The van der Waals surface area contributed by atoms with Crippen molar-refractivity contribution in [3.63, 3.8) is 0 Å². The number of ether oxygens (including phenoxy) is 1. The molecule has 0 spiro atoms. The van der Waals surface area contributed by atoms with Crippen LogP contribution in [0.1, 0.15) is 29.2 Å². The Morgan fingerprint density at radius 3 is 2.19 bits per heavy atom. The third-order valence-electron chi connectivity index (χ3n) is 5.07. The maximum absolute atomic E-state index is 12.8. The summed E-state index contributed by atoms with van der Waals surface area (Å²) in [5.74, 6) is -1.18. The molecule has 1 saturated heterocycles. The third-order valence-corrected chi connectivity index (χ3v) is 5.07. The summed E-state index contributed by atoms with van der Waals surface area (Å²) in [7, 11) is 0. The Hall–Kier alpha value is -3.56. The average Bonchev–Trinajstić information content (AvgIpc) is 2.98. The molecular weight excluding hydrogens is 429 g/mol. The lowest BCUT2D eigenvalue weighted by Crippen LogP contribution is -2.32. The van der Waals surface area contributed by atoms with Crippen molar-refractivity contribution in [1.82, 2.24) is 4.90 Å². The van der Waals surface area contributed by atoms with Gasteiger partial charge >= 0.3 is 18.2 Å². The molecular formula is C22H21F3N2O5. The second-order valence-corrected chi connectivity index (χ2v) is 7.55. The average molecular weight is 450 g/mol. The number of carboxylic acids is 1. The van der Waals surface area contributed by atoms with Gasteiger partial charge in [-0.25, -0.2) is 9.59 Å². The molecule has 0 aromatic heterocycles. The van der Waals surface area contributed by atoms with Crippen molar-refractivity contribution in [2.75, 3.05) is 11.4 Å². The van der Waals surface area contributed by atoms with Crippen LogP contribution in [0.3, 0.4) is 0 Å². The summed E-state index contributed by atoms with van der Waals surface area (Å²) in [6.45, 7) is 4.54. The number of imide groups is 1. The molecule has 7 nitrogen and oxygen atoms in total. The fourth-order valence-electron chi connectivity index (χ4n) is 3.46. The summed E-state index contributed by atoms with van der Waals surface area (Å²) in [5, 5.41) is 9.03. The van der Waals surface area contributed by atoms with Crippen LogP contribution in [0.5, 0.6) is 5.75 Å². The van der Waals surface area contributed by atoms with E-state index in [0.29, 0.717) is 22.4 Å². The first-order valence-electron chi connectivity index (χ1n) is 9.67. The number of benzene rings is 2. The Labute approximate surface area is 182 Å². The summed E-state index contributed by atoms with van der Waals surface area (Å²) in [5.41, 5.74) is 1.27. The Morgan fingerprint density at radius 2 is 1.69 bits per heavy atom. The maximum Gasteiger partial charge on any atom is 0.416 e. The lowest BCUT2D eigenvalue weighted by Gasteiger charge is -2.20. The van der Waals surface area contributed by atoms with E-state index in [1.54, 1.807) is 26.0 Å². The number of carboxylic acid groups (broad SMARTS) is 1. The Kier molecular flexibility index (Phi) is 6.16. The highest BCUT2D eigenvalue weighted by Crippen LogP contribution is 2.32. The topological polar surface area (TPSA) is 87.2 Å². The van der Waals surface area contributed by atoms with Gasteiger partial charge in [-0.1, -0.05) is 12.1 Å². The Bertz CT molecular complexity index is 1040. The van der Waals surface area contributed by atoms with Gasteiger partial charge in [-0.2, -0.15) is 13.2 Å². The van der Waals surface area contributed by atoms with E-state index >= 15 is 0 Å². The van der Waals surface area contributed by atoms with Crippen LogP contribution < -0.4 is 9.64 Å². The van der Waals surface area contributed by atoms with E-state index in [1.165, 1.54) is 6.92 Å². The van der Waals surface area contributed by atoms with E-state index in [1.807, 2.05) is 0 Å². The monoisotopic (exact) mass is 450 g/mol. The van der Waals surface area contributed by atoms with Gasteiger partial charge in [0.25, 0.3) is 5.91 Å². The maximum atomic E-state index is 12.8. The Balaban J connectivity index is 1.78. The van der Waals surface area contributed by atoms with Gasteiger partial charge in [-0.15, -0.1) is 0 Å². The minimum absolute atomic E-state index is 0.0365. The minimum Gasteiger partial charge on any atom is -0.479 e. The first kappa shape index (κ1) is 23.1. The fourth-order valence-corrected chi connectivity index (χ4v) is 3.46. The molecule has 170 valence electrons. The van der Waals surface area contributed by atoms with Crippen molar-refractivity contribution < 1.29 is 37.4 Å². The number of amides is 3. The van der Waals surface area contributed by atoms with E-state index < -0.39 is 35.8 Å². The van der Waals surface area contributed by atoms with E-state index in [-0.39, 0.29) is 18.8 Å². The van der Waals surface area contributed by atoms with Gasteiger partial charge < -0.3 is 9.84 Å². The lowest BCUT2D eigenvalue weighted by molar-refractivity contribution is -0.144. The van der Waals surface area contributed by atoms with Crippen LogP contribution in [0, 0.1) is 13.8 Å². The summed E-state index contributed by atoms with van der Waals surface area (Å²) >= 11 is 0. The largest absolute Gasteiger partial charge is 0.479 e. The molecule has 32 heavy (non-hydrogen) atoms. The van der Waals surface area contributed by atoms with Crippen LogP contribution >= 0.6 is 0 Å². The number of alkyl halides is 3. The van der Waals surface area contributed by atoms with Gasteiger partial charge in [0, 0.05) is 5.69 Å². The zero-order valence-corrected chi connectivity index (χ0v) is 17.6. The van der Waals surface area contributed by atoms with Crippen molar-refractivity contribution in [2.24, 2.45) is 0 Å². The molecule has 3 rings (SSSR count). The zero-order chi connectivity index (χ0) is 23.8. The molecule has 0 bridgehead atoms. The SMILES string of the molecule is Cc1cc(CN2C(=O)CN(c3ccc(C(F)(F)F)cc3)C2=O)cc(C)c1OC(C)C(=O)O. The molecule has 2 aromatic carbocycles. The standard InChI is InChI=1S/C22H21F3N2O5/c1-12-8-15(9-13(2)19(12)32-14(3)20(29)30)10-27-18(28)11-26(21(27)31)17-6-4-16(5-7-17)22(23,24)25/h4-9,14H,10-11H2,1-3H3,(H,29,30). The number of rotatable bonds is 6. The summed E-state index contributed by atoms with van der Waals surface area (Å²) in [6.07, 6.45) is -5.54. The number of hydrogen-bond acceptors (Lipinski definition) is 4. The van der Waals surface area contributed by atoms with Crippen LogP contribution in [0.2, 0.25) is 0 Å². The van der Waals surface area contributed by atoms with Crippen LogP contribution in [-0.2, 0) is 22.3 Å². The third kappa shape index (κ3) is 4.68. The molecule has 2 aromatic rings. The molecule has 0 saturated carbocycles. The van der Waals surface area contributed by atoms with Gasteiger partial charge in [0.1, 0.15) is 12.3 Å². The van der Waals surface area contributed by atoms with E-state index in [4.69, 9.17) is 9.84 Å². The van der Waals surface area contributed by atoms with E-state index in [2.05, 4.69) is 0 Å². The van der Waals surface area contributed by atoms with Crippen molar-refractivity contribution in [1.29, 1.82) is 0 Å². The van der Waals surface area contributed by atoms with Crippen LogP contribution in [0.4, 0.5) is 23.7 Å². The number of carbonyl (C=O) groups excluding carboxylic acids is 2. The molecule has 0 aliphatic carbocycles. The quantitative estimate of drug-likeness (QED) is 0.669. The molecule has 1 unspecified atom stereocenters. The van der Waals surface area contributed by atoms with Gasteiger partial charge in [0.2, 0.25) is 0 Å². The van der Waals surface area contributed by atoms with Gasteiger partial charge in [0.05, 0.1) is 12.1 Å². The molecule has 3 amide bonds.